The van der Waals surface area contributed by atoms with E-state index in [0.29, 0.717) is 0 Å². The van der Waals surface area contributed by atoms with Crippen LogP contribution in [0.25, 0.3) is 0 Å². The zero-order valence-corrected chi connectivity index (χ0v) is 10.9. The standard InChI is InChI=1S/C14H19BO2/c1-13(2)14(3,4)17-15(16-13)12-10-8-6-5-7-9-11-12/h5-11H,1-4H3. The average molecular weight is 230 g/mol. The largest absolute Gasteiger partial charge is 0.494 e. The Kier molecular flexibility index (Phi) is 3.15. The van der Waals surface area contributed by atoms with Gasteiger partial charge in [-0.05, 0) is 33.2 Å². The second-order valence-electron chi connectivity index (χ2n) is 5.38. The van der Waals surface area contributed by atoms with Crippen LogP contribution in [0.1, 0.15) is 27.7 Å². The molecule has 17 heavy (non-hydrogen) atoms. The molecule has 0 aromatic rings. The van der Waals surface area contributed by atoms with Crippen molar-refractivity contribution in [1.82, 2.24) is 0 Å². The summed E-state index contributed by atoms with van der Waals surface area (Å²) in [6.45, 7) is 8.26. The lowest BCUT2D eigenvalue weighted by Gasteiger charge is -2.32. The second-order valence-corrected chi connectivity index (χ2v) is 5.38. The topological polar surface area (TPSA) is 18.5 Å². The van der Waals surface area contributed by atoms with Crippen LogP contribution >= 0.6 is 0 Å². The van der Waals surface area contributed by atoms with E-state index in [1.54, 1.807) is 0 Å². The maximum Gasteiger partial charge on any atom is 0.494 e. The van der Waals surface area contributed by atoms with Gasteiger partial charge < -0.3 is 9.31 Å². The van der Waals surface area contributed by atoms with Gasteiger partial charge in [0, 0.05) is 0 Å². The van der Waals surface area contributed by atoms with Crippen LogP contribution in [0.2, 0.25) is 0 Å². The third-order valence-electron chi connectivity index (χ3n) is 3.55. The number of allylic oxidation sites excluding steroid dienone is 8. The first-order chi connectivity index (χ1) is 7.92. The minimum atomic E-state index is -0.285. The van der Waals surface area contributed by atoms with Crippen LogP contribution in [-0.4, -0.2) is 18.3 Å². The lowest BCUT2D eigenvalue weighted by molar-refractivity contribution is 0.00578. The maximum atomic E-state index is 6.00. The van der Waals surface area contributed by atoms with Crippen LogP contribution in [0.3, 0.4) is 0 Å². The third kappa shape index (κ3) is 2.45. The fourth-order valence-corrected chi connectivity index (χ4v) is 1.72. The van der Waals surface area contributed by atoms with Gasteiger partial charge in [0.05, 0.1) is 11.2 Å². The molecule has 0 aromatic carbocycles. The molecule has 0 saturated carbocycles. The van der Waals surface area contributed by atoms with Crippen molar-refractivity contribution in [3.63, 3.8) is 0 Å². The van der Waals surface area contributed by atoms with E-state index in [2.05, 4.69) is 27.7 Å². The van der Waals surface area contributed by atoms with Crippen molar-refractivity contribution in [2.75, 3.05) is 0 Å². The number of hydrogen-bond acceptors (Lipinski definition) is 2. The van der Waals surface area contributed by atoms with Crippen LogP contribution in [0, 0.1) is 0 Å². The maximum absolute atomic E-state index is 6.00. The van der Waals surface area contributed by atoms with Gasteiger partial charge in [0.25, 0.3) is 0 Å². The summed E-state index contributed by atoms with van der Waals surface area (Å²) in [5.41, 5.74) is 0.479. The van der Waals surface area contributed by atoms with Gasteiger partial charge in [-0.1, -0.05) is 42.5 Å². The van der Waals surface area contributed by atoms with Gasteiger partial charge in [-0.15, -0.1) is 0 Å². The van der Waals surface area contributed by atoms with E-state index in [1.807, 2.05) is 42.5 Å². The minimum absolute atomic E-state index is 0.283. The predicted octanol–water partition coefficient (Wildman–Crippen LogP) is 3.23. The van der Waals surface area contributed by atoms with Gasteiger partial charge in [-0.25, -0.2) is 0 Å². The summed E-state index contributed by atoms with van der Waals surface area (Å²) in [5, 5.41) is 0. The lowest BCUT2D eigenvalue weighted by atomic mass is 9.77. The molecule has 1 aliphatic carbocycles. The Morgan fingerprint density at radius 3 is 2.00 bits per heavy atom. The Morgan fingerprint density at radius 2 is 1.35 bits per heavy atom. The summed E-state index contributed by atoms with van der Waals surface area (Å²) in [4.78, 5) is 0. The Hall–Kier alpha value is -1.06. The molecular weight excluding hydrogens is 211 g/mol. The Labute approximate surface area is 104 Å². The van der Waals surface area contributed by atoms with E-state index in [9.17, 15) is 0 Å². The van der Waals surface area contributed by atoms with Crippen molar-refractivity contribution < 1.29 is 9.31 Å². The molecule has 0 bridgehead atoms. The highest BCUT2D eigenvalue weighted by Gasteiger charge is 2.51. The summed E-state index contributed by atoms with van der Waals surface area (Å²) >= 11 is 0. The molecule has 0 amide bonds. The molecule has 0 radical (unpaired) electrons. The van der Waals surface area contributed by atoms with Gasteiger partial charge in [0.2, 0.25) is 0 Å². The third-order valence-corrected chi connectivity index (χ3v) is 3.55. The molecule has 1 aliphatic heterocycles. The van der Waals surface area contributed by atoms with E-state index >= 15 is 0 Å². The molecule has 2 rings (SSSR count). The molecule has 0 aromatic heterocycles. The Morgan fingerprint density at radius 1 is 0.824 bits per heavy atom. The molecule has 0 atom stereocenters. The minimum Gasteiger partial charge on any atom is -0.399 e. The molecular formula is C14H19BO2. The monoisotopic (exact) mass is 230 g/mol. The highest BCUT2D eigenvalue weighted by Crippen LogP contribution is 2.38. The number of rotatable bonds is 1. The molecule has 0 unspecified atom stereocenters. The molecule has 1 heterocycles. The van der Waals surface area contributed by atoms with Crippen LogP contribution in [0.5, 0.6) is 0 Å². The van der Waals surface area contributed by atoms with Crippen LogP contribution in [-0.2, 0) is 9.31 Å². The van der Waals surface area contributed by atoms with Crippen LogP contribution in [0.15, 0.2) is 48.0 Å². The van der Waals surface area contributed by atoms with Crippen LogP contribution < -0.4 is 0 Å². The van der Waals surface area contributed by atoms with Gasteiger partial charge in [0.15, 0.2) is 0 Å². The molecule has 2 aliphatic rings. The molecule has 1 fully saturated rings. The Balaban J connectivity index is 2.21. The SMILES string of the molecule is CC1(C)OB(C2=CC=CC=CC=C2)OC1(C)C. The molecule has 2 nitrogen and oxygen atoms in total. The second kappa shape index (κ2) is 4.32. The van der Waals surface area contributed by atoms with Gasteiger partial charge in [-0.3, -0.25) is 0 Å². The van der Waals surface area contributed by atoms with Crippen molar-refractivity contribution in [2.24, 2.45) is 0 Å². The van der Waals surface area contributed by atoms with Gasteiger partial charge in [-0.2, -0.15) is 0 Å². The van der Waals surface area contributed by atoms with E-state index < -0.39 is 0 Å². The zero-order chi connectivity index (χ0) is 12.5. The Bertz CT molecular complexity index is 398. The first-order valence-corrected chi connectivity index (χ1v) is 6.00. The van der Waals surface area contributed by atoms with Crippen molar-refractivity contribution in [3.8, 4) is 0 Å². The van der Waals surface area contributed by atoms with E-state index in [1.165, 1.54) is 0 Å². The quantitative estimate of drug-likeness (QED) is 0.644. The first kappa shape index (κ1) is 12.4. The summed E-state index contributed by atoms with van der Waals surface area (Å²) < 4.78 is 12.0. The van der Waals surface area contributed by atoms with Gasteiger partial charge >= 0.3 is 7.12 Å². The molecule has 0 spiro atoms. The van der Waals surface area contributed by atoms with Crippen molar-refractivity contribution >= 4 is 7.12 Å². The number of hydrogen-bond donors (Lipinski definition) is 0. The molecule has 1 saturated heterocycles. The average Bonchev–Trinajstić information content (AvgIpc) is 2.34. The highest BCUT2D eigenvalue weighted by molar-refractivity contribution is 6.55. The molecule has 3 heteroatoms. The van der Waals surface area contributed by atoms with Crippen LogP contribution in [0.4, 0.5) is 0 Å². The van der Waals surface area contributed by atoms with Gasteiger partial charge in [0.1, 0.15) is 0 Å². The first-order valence-electron chi connectivity index (χ1n) is 6.00. The van der Waals surface area contributed by atoms with E-state index in [-0.39, 0.29) is 18.3 Å². The van der Waals surface area contributed by atoms with Crippen molar-refractivity contribution in [3.05, 3.63) is 48.0 Å². The summed E-state index contributed by atoms with van der Waals surface area (Å²) in [5.74, 6) is 0. The van der Waals surface area contributed by atoms with Crippen molar-refractivity contribution in [2.45, 2.75) is 38.9 Å². The summed E-state index contributed by atoms with van der Waals surface area (Å²) in [7, 11) is -0.285. The fraction of sp³-hybridized carbons (Fsp3) is 0.429. The fourth-order valence-electron chi connectivity index (χ4n) is 1.72. The predicted molar refractivity (Wildman–Crippen MR) is 71.6 cm³/mol. The van der Waals surface area contributed by atoms with E-state index in [0.717, 1.165) is 5.47 Å². The summed E-state index contributed by atoms with van der Waals surface area (Å²) in [6, 6.07) is 0. The lowest BCUT2D eigenvalue weighted by Crippen LogP contribution is -2.41. The normalized spacial score (nSPS) is 25.6. The molecule has 0 N–H and O–H groups in total. The molecule has 90 valence electrons. The van der Waals surface area contributed by atoms with Crippen molar-refractivity contribution in [1.29, 1.82) is 0 Å². The highest BCUT2D eigenvalue weighted by atomic mass is 16.7. The smallest absolute Gasteiger partial charge is 0.399 e. The van der Waals surface area contributed by atoms with E-state index in [4.69, 9.17) is 9.31 Å². The summed E-state index contributed by atoms with van der Waals surface area (Å²) in [6.07, 6.45) is 14.0. The zero-order valence-electron chi connectivity index (χ0n) is 10.9.